The van der Waals surface area contributed by atoms with Crippen molar-refractivity contribution in [3.05, 3.63) is 46.8 Å². The summed E-state index contributed by atoms with van der Waals surface area (Å²) >= 11 is 0. The molecule has 0 atom stereocenters. The zero-order valence-electron chi connectivity index (χ0n) is 14.5. The Hall–Kier alpha value is -2.43. The summed E-state index contributed by atoms with van der Waals surface area (Å²) in [6.07, 6.45) is 6.12. The summed E-state index contributed by atoms with van der Waals surface area (Å²) in [5.74, 6) is 0.328. The third kappa shape index (κ3) is 3.72. The van der Waals surface area contributed by atoms with Crippen LogP contribution in [0.2, 0.25) is 0 Å². The van der Waals surface area contributed by atoms with E-state index in [9.17, 15) is 4.79 Å². The molecular weight excluding hydrogens is 300 g/mol. The van der Waals surface area contributed by atoms with Crippen molar-refractivity contribution in [2.45, 2.75) is 52.5 Å². The first-order valence-corrected chi connectivity index (χ1v) is 8.52. The molecule has 1 aliphatic carbocycles. The minimum Gasteiger partial charge on any atom is -0.348 e. The molecule has 24 heavy (non-hydrogen) atoms. The van der Waals surface area contributed by atoms with Gasteiger partial charge in [-0.1, -0.05) is 30.5 Å². The second-order valence-corrected chi connectivity index (χ2v) is 6.62. The smallest absolute Gasteiger partial charge is 0.270 e. The molecule has 126 valence electrons. The number of nitrogens with one attached hydrogen (secondary N) is 2. The highest BCUT2D eigenvalue weighted by molar-refractivity contribution is 5.92. The van der Waals surface area contributed by atoms with Gasteiger partial charge in [0.1, 0.15) is 5.69 Å². The molecule has 0 radical (unpaired) electrons. The van der Waals surface area contributed by atoms with Crippen molar-refractivity contribution >= 4 is 17.5 Å². The Labute approximate surface area is 142 Å². The minimum atomic E-state index is -0.121. The van der Waals surface area contributed by atoms with Crippen molar-refractivity contribution in [1.82, 2.24) is 15.3 Å². The zero-order chi connectivity index (χ0) is 17.1. The standard InChI is InChI=1S/C19H24N4O/c1-12-10-13(2)17(14(3)11-12)23-19-20-9-8-16(22-19)18(24)21-15-6-4-5-7-15/h8-11,15H,4-7H2,1-3H3,(H,21,24)(H,20,22,23). The number of benzene rings is 1. The largest absolute Gasteiger partial charge is 0.348 e. The monoisotopic (exact) mass is 324 g/mol. The molecular formula is C19H24N4O. The molecule has 1 heterocycles. The van der Waals surface area contributed by atoms with Crippen molar-refractivity contribution in [2.75, 3.05) is 5.32 Å². The van der Waals surface area contributed by atoms with E-state index in [1.807, 2.05) is 0 Å². The van der Waals surface area contributed by atoms with Crippen LogP contribution in [0.25, 0.3) is 0 Å². The number of nitrogens with zero attached hydrogens (tertiary/aromatic N) is 2. The topological polar surface area (TPSA) is 66.9 Å². The summed E-state index contributed by atoms with van der Waals surface area (Å²) in [5, 5.41) is 6.31. The van der Waals surface area contributed by atoms with Crippen LogP contribution in [-0.2, 0) is 0 Å². The first-order valence-electron chi connectivity index (χ1n) is 8.52. The average Bonchev–Trinajstić information content (AvgIpc) is 3.04. The maximum atomic E-state index is 12.4. The number of carbonyl (C=O) groups excluding carboxylic acids is 1. The fourth-order valence-corrected chi connectivity index (χ4v) is 3.36. The van der Waals surface area contributed by atoms with E-state index in [0.29, 0.717) is 11.6 Å². The van der Waals surface area contributed by atoms with Crippen LogP contribution in [0.3, 0.4) is 0 Å². The van der Waals surface area contributed by atoms with E-state index in [1.165, 1.54) is 18.4 Å². The molecule has 1 fully saturated rings. The van der Waals surface area contributed by atoms with Gasteiger partial charge in [0.25, 0.3) is 5.91 Å². The molecule has 5 heteroatoms. The molecule has 5 nitrogen and oxygen atoms in total. The van der Waals surface area contributed by atoms with Crippen LogP contribution in [0.4, 0.5) is 11.6 Å². The normalized spacial score (nSPS) is 14.6. The van der Waals surface area contributed by atoms with Gasteiger partial charge in [0.15, 0.2) is 0 Å². The van der Waals surface area contributed by atoms with Crippen LogP contribution in [0.15, 0.2) is 24.4 Å². The number of carbonyl (C=O) groups is 1. The predicted octanol–water partition coefficient (Wildman–Crippen LogP) is 3.82. The molecule has 1 saturated carbocycles. The Morgan fingerprint density at radius 1 is 1.12 bits per heavy atom. The van der Waals surface area contributed by atoms with Crippen LogP contribution < -0.4 is 10.6 Å². The van der Waals surface area contributed by atoms with E-state index in [0.717, 1.165) is 29.7 Å². The van der Waals surface area contributed by atoms with Crippen LogP contribution in [-0.4, -0.2) is 21.9 Å². The van der Waals surface area contributed by atoms with Gasteiger partial charge in [0, 0.05) is 17.9 Å². The lowest BCUT2D eigenvalue weighted by molar-refractivity contribution is 0.0933. The highest BCUT2D eigenvalue weighted by atomic mass is 16.1. The van der Waals surface area contributed by atoms with Crippen LogP contribution in [0.1, 0.15) is 52.9 Å². The van der Waals surface area contributed by atoms with E-state index in [1.54, 1.807) is 12.3 Å². The zero-order valence-corrected chi connectivity index (χ0v) is 14.5. The lowest BCUT2D eigenvalue weighted by Crippen LogP contribution is -2.33. The summed E-state index contributed by atoms with van der Waals surface area (Å²) in [6, 6.07) is 6.17. The molecule has 1 amide bonds. The first kappa shape index (κ1) is 16.4. The van der Waals surface area contributed by atoms with Gasteiger partial charge in [0.05, 0.1) is 0 Å². The molecule has 2 N–H and O–H groups in total. The highest BCUT2D eigenvalue weighted by Crippen LogP contribution is 2.24. The Bertz CT molecular complexity index is 728. The fourth-order valence-electron chi connectivity index (χ4n) is 3.36. The van der Waals surface area contributed by atoms with Crippen LogP contribution in [0, 0.1) is 20.8 Å². The van der Waals surface area contributed by atoms with E-state index in [4.69, 9.17) is 0 Å². The van der Waals surface area contributed by atoms with E-state index < -0.39 is 0 Å². The number of hydrogen-bond acceptors (Lipinski definition) is 4. The molecule has 0 bridgehead atoms. The Kier molecular flexibility index (Phi) is 4.79. The van der Waals surface area contributed by atoms with Gasteiger partial charge in [-0.3, -0.25) is 4.79 Å². The first-order chi connectivity index (χ1) is 11.5. The lowest BCUT2D eigenvalue weighted by atomic mass is 10.1. The molecule has 2 aromatic rings. The van der Waals surface area contributed by atoms with Crippen LogP contribution >= 0.6 is 0 Å². The van der Waals surface area contributed by atoms with Gasteiger partial charge in [-0.25, -0.2) is 9.97 Å². The van der Waals surface area contributed by atoms with Crippen LogP contribution in [0.5, 0.6) is 0 Å². The van der Waals surface area contributed by atoms with Gasteiger partial charge >= 0.3 is 0 Å². The Morgan fingerprint density at radius 3 is 2.46 bits per heavy atom. The van der Waals surface area contributed by atoms with Gasteiger partial charge in [0.2, 0.25) is 5.95 Å². The maximum absolute atomic E-state index is 12.4. The summed E-state index contributed by atoms with van der Waals surface area (Å²) < 4.78 is 0. The van der Waals surface area contributed by atoms with E-state index >= 15 is 0 Å². The van der Waals surface area contributed by atoms with Crippen molar-refractivity contribution in [3.63, 3.8) is 0 Å². The number of aromatic nitrogens is 2. The highest BCUT2D eigenvalue weighted by Gasteiger charge is 2.19. The van der Waals surface area contributed by atoms with Gasteiger partial charge < -0.3 is 10.6 Å². The fraction of sp³-hybridized carbons (Fsp3) is 0.421. The molecule has 1 aromatic carbocycles. The molecule has 0 aliphatic heterocycles. The SMILES string of the molecule is Cc1cc(C)c(Nc2nccc(C(=O)NC3CCCC3)n2)c(C)c1. The number of anilines is 2. The molecule has 1 aliphatic rings. The van der Waals surface area contributed by atoms with Gasteiger partial charge in [-0.2, -0.15) is 0 Å². The van der Waals surface area contributed by atoms with Crippen molar-refractivity contribution in [1.29, 1.82) is 0 Å². The molecule has 1 aromatic heterocycles. The summed E-state index contributed by atoms with van der Waals surface area (Å²) in [5.41, 5.74) is 4.89. The molecule has 3 rings (SSSR count). The second-order valence-electron chi connectivity index (χ2n) is 6.62. The lowest BCUT2D eigenvalue weighted by Gasteiger charge is -2.14. The number of rotatable bonds is 4. The Morgan fingerprint density at radius 2 is 1.79 bits per heavy atom. The minimum absolute atomic E-state index is 0.121. The molecule has 0 spiro atoms. The van der Waals surface area contributed by atoms with Crippen molar-refractivity contribution < 1.29 is 4.79 Å². The number of amides is 1. The van der Waals surface area contributed by atoms with E-state index in [2.05, 4.69) is 53.5 Å². The van der Waals surface area contributed by atoms with Gasteiger partial charge in [-0.15, -0.1) is 0 Å². The summed E-state index contributed by atoms with van der Waals surface area (Å²) in [6.45, 7) is 6.19. The predicted molar refractivity (Wildman–Crippen MR) is 95.7 cm³/mol. The van der Waals surface area contributed by atoms with E-state index in [-0.39, 0.29) is 11.9 Å². The summed E-state index contributed by atoms with van der Waals surface area (Å²) in [4.78, 5) is 21.0. The third-order valence-corrected chi connectivity index (χ3v) is 4.49. The number of aryl methyl sites for hydroxylation is 3. The summed E-state index contributed by atoms with van der Waals surface area (Å²) in [7, 11) is 0. The molecule has 0 unspecified atom stereocenters. The number of hydrogen-bond donors (Lipinski definition) is 2. The Balaban J connectivity index is 1.77. The van der Waals surface area contributed by atoms with Crippen molar-refractivity contribution in [2.24, 2.45) is 0 Å². The quantitative estimate of drug-likeness (QED) is 0.897. The third-order valence-electron chi connectivity index (χ3n) is 4.49. The average molecular weight is 324 g/mol. The second kappa shape index (κ2) is 6.99. The van der Waals surface area contributed by atoms with Crippen molar-refractivity contribution in [3.8, 4) is 0 Å². The van der Waals surface area contributed by atoms with Gasteiger partial charge in [-0.05, 0) is 50.8 Å². The molecule has 0 saturated heterocycles. The maximum Gasteiger partial charge on any atom is 0.270 e.